The van der Waals surface area contributed by atoms with Crippen LogP contribution in [0.2, 0.25) is 0 Å². The summed E-state index contributed by atoms with van der Waals surface area (Å²) in [5.74, 6) is 0.718. The van der Waals surface area contributed by atoms with E-state index in [1.807, 2.05) is 41.5 Å². The second-order valence-electron chi connectivity index (χ2n) is 7.75. The molecule has 1 amide bonds. The van der Waals surface area contributed by atoms with Crippen LogP contribution in [-0.2, 0) is 11.3 Å². The summed E-state index contributed by atoms with van der Waals surface area (Å²) in [6.07, 6.45) is 2.16. The van der Waals surface area contributed by atoms with Gasteiger partial charge in [-0.2, -0.15) is 0 Å². The topological polar surface area (TPSA) is 36.4 Å². The van der Waals surface area contributed by atoms with E-state index < -0.39 is 0 Å². The van der Waals surface area contributed by atoms with Crippen molar-refractivity contribution in [1.29, 1.82) is 0 Å². The second kappa shape index (κ2) is 8.41. The zero-order valence-electron chi connectivity index (χ0n) is 16.6. The van der Waals surface area contributed by atoms with Gasteiger partial charge in [0.1, 0.15) is 0 Å². The normalized spacial score (nSPS) is 15.8. The molecular formula is C23H27N3OS. The van der Waals surface area contributed by atoms with E-state index in [2.05, 4.69) is 42.2 Å². The Morgan fingerprint density at radius 2 is 1.86 bits per heavy atom. The molecule has 0 atom stereocenters. The summed E-state index contributed by atoms with van der Waals surface area (Å²) in [4.78, 5) is 21.6. The molecule has 3 aromatic rings. The van der Waals surface area contributed by atoms with Crippen molar-refractivity contribution in [3.63, 3.8) is 0 Å². The van der Waals surface area contributed by atoms with Gasteiger partial charge in [-0.15, -0.1) is 11.3 Å². The van der Waals surface area contributed by atoms with Gasteiger partial charge in [-0.3, -0.25) is 9.69 Å². The minimum absolute atomic E-state index is 0.196. The largest absolute Gasteiger partial charge is 0.340 e. The van der Waals surface area contributed by atoms with Gasteiger partial charge in [-0.05, 0) is 56.1 Å². The summed E-state index contributed by atoms with van der Waals surface area (Å²) >= 11 is 1.82. The van der Waals surface area contributed by atoms with Gasteiger partial charge >= 0.3 is 0 Å². The number of aryl methyl sites for hydroxylation is 1. The zero-order chi connectivity index (χ0) is 19.5. The minimum atomic E-state index is 0.196. The van der Waals surface area contributed by atoms with Gasteiger partial charge in [-0.25, -0.2) is 4.98 Å². The molecule has 5 heteroatoms. The van der Waals surface area contributed by atoms with E-state index in [4.69, 9.17) is 4.98 Å². The molecule has 1 aromatic heterocycles. The third kappa shape index (κ3) is 4.26. The number of hydrogen-bond acceptors (Lipinski definition) is 4. The molecule has 2 aromatic carbocycles. The zero-order valence-corrected chi connectivity index (χ0v) is 17.4. The third-order valence-electron chi connectivity index (χ3n) is 5.70. The molecule has 4 rings (SSSR count). The Labute approximate surface area is 170 Å². The number of likely N-dealkylation sites (N-methyl/N-ethyl adjacent to an activating group) is 1. The first-order valence-corrected chi connectivity index (χ1v) is 10.8. The Hall–Kier alpha value is -2.24. The van der Waals surface area contributed by atoms with Gasteiger partial charge in [0, 0.05) is 19.5 Å². The summed E-state index contributed by atoms with van der Waals surface area (Å²) in [6.45, 7) is 5.21. The van der Waals surface area contributed by atoms with Crippen molar-refractivity contribution in [1.82, 2.24) is 14.8 Å². The Kier molecular flexibility index (Phi) is 5.74. The molecule has 0 N–H and O–H groups in total. The lowest BCUT2D eigenvalue weighted by atomic mass is 9.97. The van der Waals surface area contributed by atoms with Gasteiger partial charge in [0.25, 0.3) is 0 Å². The van der Waals surface area contributed by atoms with E-state index in [-0.39, 0.29) is 5.91 Å². The van der Waals surface area contributed by atoms with E-state index >= 15 is 0 Å². The number of likely N-dealkylation sites (tertiary alicyclic amines) is 1. The lowest BCUT2D eigenvalue weighted by molar-refractivity contribution is -0.131. The van der Waals surface area contributed by atoms with Crippen LogP contribution in [0.1, 0.15) is 34.9 Å². The highest BCUT2D eigenvalue weighted by molar-refractivity contribution is 7.18. The molecule has 146 valence electrons. The molecule has 28 heavy (non-hydrogen) atoms. The molecular weight excluding hydrogens is 366 g/mol. The maximum atomic E-state index is 12.7. The quantitative estimate of drug-likeness (QED) is 0.643. The summed E-state index contributed by atoms with van der Waals surface area (Å²) in [6, 6.07) is 16.6. The van der Waals surface area contributed by atoms with E-state index in [0.29, 0.717) is 19.0 Å². The number of hydrogen-bond donors (Lipinski definition) is 0. The van der Waals surface area contributed by atoms with Crippen molar-refractivity contribution in [2.45, 2.75) is 32.2 Å². The Bertz CT molecular complexity index is 926. The average molecular weight is 394 g/mol. The van der Waals surface area contributed by atoms with E-state index in [1.165, 1.54) is 20.8 Å². The number of rotatable bonds is 5. The van der Waals surface area contributed by atoms with Gasteiger partial charge in [0.2, 0.25) is 5.91 Å². The third-order valence-corrected chi connectivity index (χ3v) is 6.90. The van der Waals surface area contributed by atoms with Crippen LogP contribution >= 0.6 is 11.3 Å². The maximum absolute atomic E-state index is 12.7. The lowest BCUT2D eigenvalue weighted by Gasteiger charge is -2.31. The predicted molar refractivity (Wildman–Crippen MR) is 116 cm³/mol. The van der Waals surface area contributed by atoms with Gasteiger partial charge in [0.05, 0.1) is 21.8 Å². The van der Waals surface area contributed by atoms with Crippen molar-refractivity contribution in [2.24, 2.45) is 0 Å². The first kappa shape index (κ1) is 19.1. The number of para-hydroxylation sites is 1. The van der Waals surface area contributed by atoms with Crippen molar-refractivity contribution in [2.75, 3.05) is 26.7 Å². The number of thiazole rings is 1. The van der Waals surface area contributed by atoms with E-state index in [9.17, 15) is 4.79 Å². The molecule has 0 bridgehead atoms. The first-order chi connectivity index (χ1) is 13.6. The van der Waals surface area contributed by atoms with Gasteiger partial charge in [-0.1, -0.05) is 36.4 Å². The number of carbonyl (C=O) groups excluding carboxylic acids is 1. The summed E-state index contributed by atoms with van der Waals surface area (Å²) in [7, 11) is 1.91. The summed E-state index contributed by atoms with van der Waals surface area (Å²) < 4.78 is 1.27. The average Bonchev–Trinajstić information content (AvgIpc) is 3.14. The molecule has 0 unspecified atom stereocenters. The van der Waals surface area contributed by atoms with Crippen molar-refractivity contribution in [3.05, 3.63) is 64.7 Å². The summed E-state index contributed by atoms with van der Waals surface area (Å²) in [5, 5.41) is 1.25. The minimum Gasteiger partial charge on any atom is -0.340 e. The molecule has 0 spiro atoms. The van der Waals surface area contributed by atoms with Crippen LogP contribution in [0.15, 0.2) is 48.5 Å². The molecule has 1 fully saturated rings. The highest BCUT2D eigenvalue weighted by Crippen LogP contribution is 2.33. The van der Waals surface area contributed by atoms with Crippen LogP contribution < -0.4 is 0 Å². The fourth-order valence-electron chi connectivity index (χ4n) is 3.85. The summed E-state index contributed by atoms with van der Waals surface area (Å²) in [5.41, 5.74) is 3.56. The highest BCUT2D eigenvalue weighted by Gasteiger charge is 2.25. The fraction of sp³-hybridized carbons (Fsp3) is 0.391. The number of carbonyl (C=O) groups is 1. The fourth-order valence-corrected chi connectivity index (χ4v) is 4.98. The number of nitrogens with zero attached hydrogens (tertiary/aromatic N) is 3. The van der Waals surface area contributed by atoms with Crippen LogP contribution in [-0.4, -0.2) is 47.4 Å². The molecule has 0 aliphatic carbocycles. The van der Waals surface area contributed by atoms with Crippen LogP contribution in [0.25, 0.3) is 10.2 Å². The van der Waals surface area contributed by atoms with Crippen LogP contribution in [0.3, 0.4) is 0 Å². The smallest absolute Gasteiger partial charge is 0.236 e. The lowest BCUT2D eigenvalue weighted by Crippen LogP contribution is -2.41. The Morgan fingerprint density at radius 1 is 1.14 bits per heavy atom. The molecule has 0 radical (unpaired) electrons. The first-order valence-electron chi connectivity index (χ1n) is 9.96. The standard InChI is InChI=1S/C23H27N3OS/c1-17-7-3-4-8-19(17)15-25(2)22(27)16-26-13-11-18(12-14-26)23-24-20-9-5-6-10-21(20)28-23/h3-10,18H,11-16H2,1-2H3. The van der Waals surface area contributed by atoms with Crippen molar-refractivity contribution in [3.8, 4) is 0 Å². The van der Waals surface area contributed by atoms with E-state index in [1.54, 1.807) is 0 Å². The SMILES string of the molecule is Cc1ccccc1CN(C)C(=O)CN1CCC(c2nc3ccccc3s2)CC1. The van der Waals surface area contributed by atoms with Crippen LogP contribution in [0, 0.1) is 6.92 Å². The predicted octanol–water partition coefficient (Wildman–Crippen LogP) is 4.44. The monoisotopic (exact) mass is 393 g/mol. The number of fused-ring (bicyclic) bond motifs is 1. The molecule has 2 heterocycles. The Balaban J connectivity index is 1.30. The van der Waals surface area contributed by atoms with E-state index in [0.717, 1.165) is 31.4 Å². The molecule has 1 saturated heterocycles. The van der Waals surface area contributed by atoms with Gasteiger partial charge < -0.3 is 4.90 Å². The molecule has 0 saturated carbocycles. The maximum Gasteiger partial charge on any atom is 0.236 e. The van der Waals surface area contributed by atoms with Gasteiger partial charge in [0.15, 0.2) is 0 Å². The van der Waals surface area contributed by atoms with Crippen LogP contribution in [0.4, 0.5) is 0 Å². The Morgan fingerprint density at radius 3 is 2.61 bits per heavy atom. The second-order valence-corrected chi connectivity index (χ2v) is 8.81. The molecule has 4 nitrogen and oxygen atoms in total. The number of amides is 1. The van der Waals surface area contributed by atoms with Crippen LogP contribution in [0.5, 0.6) is 0 Å². The number of benzene rings is 2. The molecule has 1 aliphatic rings. The molecule has 1 aliphatic heterocycles. The number of aromatic nitrogens is 1. The van der Waals surface area contributed by atoms with Crippen molar-refractivity contribution < 1.29 is 4.79 Å². The number of piperidine rings is 1. The highest BCUT2D eigenvalue weighted by atomic mass is 32.1. The van der Waals surface area contributed by atoms with Crippen molar-refractivity contribution >= 4 is 27.5 Å².